The minimum Gasteiger partial charge on any atom is -0.357 e. The molecule has 8 nitrogen and oxygen atoms in total. The topological polar surface area (TPSA) is 106 Å². The van der Waals surface area contributed by atoms with Crippen molar-refractivity contribution in [2.75, 3.05) is 0 Å². The molecule has 0 amide bonds. The Labute approximate surface area is 335 Å². The van der Waals surface area contributed by atoms with E-state index in [4.69, 9.17) is 39.9 Å². The van der Waals surface area contributed by atoms with E-state index < -0.39 is 0 Å². The molecule has 57 heavy (non-hydrogen) atoms. The summed E-state index contributed by atoms with van der Waals surface area (Å²) in [7, 11) is 0. The molecule has 11 aromatic rings. The van der Waals surface area contributed by atoms with Gasteiger partial charge in [0.25, 0.3) is 0 Å². The van der Waals surface area contributed by atoms with E-state index in [1.165, 1.54) is 0 Å². The van der Waals surface area contributed by atoms with E-state index in [-0.39, 0.29) is 18.6 Å². The monoisotopic (exact) mass is 763 g/mol. The predicted molar refractivity (Wildman–Crippen MR) is 224 cm³/mol. The molecule has 261 valence electrons. The van der Waals surface area contributed by atoms with E-state index in [9.17, 15) is 0 Å². The Morgan fingerprint density at radius 3 is 0.702 bits per heavy atom. The summed E-state index contributed by atoms with van der Waals surface area (Å²) in [6.07, 6.45) is 0. The van der Waals surface area contributed by atoms with E-state index in [0.717, 1.165) is 86.9 Å². The van der Waals surface area contributed by atoms with Crippen molar-refractivity contribution in [3.05, 3.63) is 146 Å². The number of benzene rings is 8. The SMILES string of the molecule is [V+2].c1ccc2cc3c(cc2c1)-c1nc-3nc2[n-]c(nc3nc(nc4[n-]c(n1)c1cc5ccccc5cc41)-c1cc4ccccc4cc1-3)c1cc3ccccc3cc21. The fourth-order valence-electron chi connectivity index (χ4n) is 8.41. The average Bonchev–Trinajstić information content (AvgIpc) is 3.95. The number of hydrogen-bond acceptors (Lipinski definition) is 6. The van der Waals surface area contributed by atoms with Crippen molar-refractivity contribution < 1.29 is 18.6 Å². The molecule has 8 aromatic carbocycles. The van der Waals surface area contributed by atoms with Crippen LogP contribution in [-0.4, -0.2) is 29.9 Å². The first-order valence-electron chi connectivity index (χ1n) is 18.5. The van der Waals surface area contributed by atoms with Crippen LogP contribution in [0.5, 0.6) is 0 Å². The first kappa shape index (κ1) is 32.0. The Morgan fingerprint density at radius 2 is 0.474 bits per heavy atom. The van der Waals surface area contributed by atoms with Gasteiger partial charge in [0.05, 0.1) is 23.3 Å². The Morgan fingerprint density at radius 1 is 0.263 bits per heavy atom. The first-order valence-corrected chi connectivity index (χ1v) is 18.5. The quantitative estimate of drug-likeness (QED) is 0.150. The van der Waals surface area contributed by atoms with Gasteiger partial charge in [0.15, 0.2) is 0 Å². The molecule has 0 N–H and O–H groups in total. The molecule has 2 aliphatic heterocycles. The van der Waals surface area contributed by atoms with Gasteiger partial charge in [-0.2, -0.15) is 0 Å². The summed E-state index contributed by atoms with van der Waals surface area (Å²) < 4.78 is 0. The van der Waals surface area contributed by atoms with Gasteiger partial charge in [0, 0.05) is 44.8 Å². The van der Waals surface area contributed by atoms with Gasteiger partial charge in [-0.25, -0.2) is 9.97 Å². The second kappa shape index (κ2) is 11.9. The van der Waals surface area contributed by atoms with Crippen LogP contribution in [0.1, 0.15) is 0 Å². The van der Waals surface area contributed by atoms with Crippen LogP contribution >= 0.6 is 0 Å². The summed E-state index contributed by atoms with van der Waals surface area (Å²) >= 11 is 0. The number of hydrogen-bond donors (Lipinski definition) is 0. The molecule has 0 spiro atoms. The van der Waals surface area contributed by atoms with E-state index in [1.54, 1.807) is 0 Å². The minimum atomic E-state index is 0. The average molecular weight is 764 g/mol. The number of rotatable bonds is 0. The van der Waals surface area contributed by atoms with Gasteiger partial charge in [-0.15, -0.1) is 0 Å². The molecule has 0 aliphatic carbocycles. The number of aromatic nitrogens is 8. The molecular weight excluding hydrogens is 740 g/mol. The fourth-order valence-corrected chi connectivity index (χ4v) is 8.41. The van der Waals surface area contributed by atoms with E-state index in [2.05, 4.69) is 97.1 Å². The van der Waals surface area contributed by atoms with Gasteiger partial charge in [0.2, 0.25) is 0 Å². The van der Waals surface area contributed by atoms with Crippen LogP contribution in [0, 0.1) is 0 Å². The first-order chi connectivity index (χ1) is 27.7. The van der Waals surface area contributed by atoms with Gasteiger partial charge in [-0.05, 0) is 113 Å². The maximum absolute atomic E-state index is 5.24. The van der Waals surface area contributed by atoms with Crippen LogP contribution < -0.4 is 9.97 Å². The molecule has 0 fully saturated rings. The molecule has 9 heteroatoms. The molecule has 2 aliphatic rings. The Bertz CT molecular complexity index is 3260. The van der Waals surface area contributed by atoms with Crippen LogP contribution in [0.4, 0.5) is 0 Å². The maximum Gasteiger partial charge on any atom is 2.00 e. The van der Waals surface area contributed by atoms with Crippen molar-refractivity contribution in [1.29, 1.82) is 0 Å². The van der Waals surface area contributed by atoms with Crippen molar-refractivity contribution in [3.63, 3.8) is 0 Å². The van der Waals surface area contributed by atoms with Gasteiger partial charge < -0.3 is 29.9 Å². The molecule has 0 saturated carbocycles. The van der Waals surface area contributed by atoms with Crippen molar-refractivity contribution in [3.8, 4) is 45.6 Å². The third kappa shape index (κ3) is 4.81. The zero-order valence-corrected chi connectivity index (χ0v) is 31.3. The largest absolute Gasteiger partial charge is 2.00 e. The smallest absolute Gasteiger partial charge is 0.357 e. The fraction of sp³-hybridized carbons (Fsp3) is 0. The van der Waals surface area contributed by atoms with Crippen LogP contribution in [0.3, 0.4) is 0 Å². The van der Waals surface area contributed by atoms with Gasteiger partial charge >= 0.3 is 18.6 Å². The third-order valence-corrected chi connectivity index (χ3v) is 11.2. The second-order valence-electron chi connectivity index (χ2n) is 14.5. The van der Waals surface area contributed by atoms with Crippen LogP contribution in [0.2, 0.25) is 0 Å². The summed E-state index contributed by atoms with van der Waals surface area (Å²) in [5.41, 5.74) is 5.67. The van der Waals surface area contributed by atoms with Gasteiger partial charge in [-0.3, -0.25) is 0 Å². The summed E-state index contributed by atoms with van der Waals surface area (Å²) in [4.78, 5) is 41.6. The summed E-state index contributed by atoms with van der Waals surface area (Å²) in [5, 5.41) is 12.2. The van der Waals surface area contributed by atoms with Crippen LogP contribution in [0.25, 0.3) is 133 Å². The molecule has 0 saturated heterocycles. The van der Waals surface area contributed by atoms with Crippen LogP contribution in [0.15, 0.2) is 146 Å². The summed E-state index contributed by atoms with van der Waals surface area (Å²) in [6, 6.07) is 50.4. The number of fused-ring (bicyclic) bond motifs is 24. The van der Waals surface area contributed by atoms with Gasteiger partial charge in [0.1, 0.15) is 0 Å². The second-order valence-corrected chi connectivity index (χ2v) is 14.5. The van der Waals surface area contributed by atoms with Gasteiger partial charge in [-0.1, -0.05) is 97.1 Å². The molecule has 0 atom stereocenters. The summed E-state index contributed by atoms with van der Waals surface area (Å²) in [5.74, 6) is 2.14. The van der Waals surface area contributed by atoms with E-state index in [1.807, 2.05) is 48.5 Å². The zero-order valence-electron chi connectivity index (χ0n) is 29.9. The molecule has 0 unspecified atom stereocenters. The van der Waals surface area contributed by atoms with Crippen molar-refractivity contribution >= 4 is 87.2 Å². The number of nitrogens with zero attached hydrogens (tertiary/aromatic N) is 8. The van der Waals surface area contributed by atoms with E-state index in [0.29, 0.717) is 45.9 Å². The molecule has 5 heterocycles. The predicted octanol–water partition coefficient (Wildman–Crippen LogP) is 10.7. The standard InChI is InChI=1S/C48H24N8.V/c1-2-10-26-18-34-33(17-25(26)9-1)41-49-42(34)54-44-37-21-29-13-5-6-14-30(29)22-38(37)46(51-44)56-48-40-24-32-16-8-7-15-31(32)23-39(40)47(52-48)55-45-36-20-28-12-4-3-11-27(28)19-35(36)43(50-45)53-41;/h1-24H;/q-2;+2. The third-order valence-electron chi connectivity index (χ3n) is 11.2. The molecule has 8 bridgehead atoms. The maximum atomic E-state index is 5.24. The Balaban J connectivity index is 0.00000356. The molecule has 3 aromatic heterocycles. The molecule has 13 rings (SSSR count). The molecule has 1 radical (unpaired) electrons. The normalized spacial score (nSPS) is 12.1. The van der Waals surface area contributed by atoms with Crippen molar-refractivity contribution in [1.82, 2.24) is 39.9 Å². The summed E-state index contributed by atoms with van der Waals surface area (Å²) in [6.45, 7) is 0. The zero-order chi connectivity index (χ0) is 36.5. The minimum absolute atomic E-state index is 0. The van der Waals surface area contributed by atoms with E-state index >= 15 is 0 Å². The van der Waals surface area contributed by atoms with Crippen molar-refractivity contribution in [2.45, 2.75) is 0 Å². The van der Waals surface area contributed by atoms with Crippen molar-refractivity contribution in [2.24, 2.45) is 0 Å². The van der Waals surface area contributed by atoms with Crippen LogP contribution in [-0.2, 0) is 18.6 Å². The molecular formula is C48H24N8V. The Kier molecular flexibility index (Phi) is 6.67. The Hall–Kier alpha value is -7.26.